The molecule has 8 heavy (non-hydrogen) atoms. The molecule has 0 aromatic carbocycles. The van der Waals surface area contributed by atoms with Crippen LogP contribution >= 0.6 is 0 Å². The monoisotopic (exact) mass is 114 g/mol. The van der Waals surface area contributed by atoms with E-state index in [0.717, 1.165) is 13.1 Å². The maximum absolute atomic E-state index is 5.07. The van der Waals surface area contributed by atoms with Gasteiger partial charge in [-0.15, -0.1) is 0 Å². The number of fused-ring (bicyclic) bond motifs is 1. The van der Waals surface area contributed by atoms with Crippen molar-refractivity contribution in [3.8, 4) is 0 Å². The molecule has 3 heteroatoms. The highest BCUT2D eigenvalue weighted by molar-refractivity contribution is 4.86. The average Bonchev–Trinajstić information content (AvgIpc) is 2.15. The van der Waals surface area contributed by atoms with Gasteiger partial charge in [-0.3, -0.25) is 0 Å². The third-order valence-electron chi connectivity index (χ3n) is 1.57. The van der Waals surface area contributed by atoms with Crippen LogP contribution in [0.5, 0.6) is 0 Å². The second-order valence-corrected chi connectivity index (χ2v) is 2.10. The summed E-state index contributed by atoms with van der Waals surface area (Å²) in [4.78, 5) is 0. The van der Waals surface area contributed by atoms with E-state index in [2.05, 4.69) is 5.32 Å². The quantitative estimate of drug-likeness (QED) is 0.460. The van der Waals surface area contributed by atoms with Crippen LogP contribution in [0.2, 0.25) is 0 Å². The molecule has 2 rings (SSSR count). The average molecular weight is 114 g/mol. The molecule has 3 nitrogen and oxygen atoms in total. The van der Waals surface area contributed by atoms with Gasteiger partial charge in [0.15, 0.2) is 0 Å². The van der Waals surface area contributed by atoms with E-state index in [4.69, 9.17) is 9.47 Å². The zero-order valence-electron chi connectivity index (χ0n) is 4.46. The van der Waals surface area contributed by atoms with Gasteiger partial charge in [0.2, 0.25) is 6.79 Å². The third-order valence-corrected chi connectivity index (χ3v) is 1.57. The molecule has 45 valence electrons. The smallest absolute Gasteiger partial charge is 0.210 e. The van der Waals surface area contributed by atoms with Gasteiger partial charge in [0.25, 0.3) is 0 Å². The molecule has 2 unspecified atom stereocenters. The van der Waals surface area contributed by atoms with Crippen molar-refractivity contribution in [2.24, 2.45) is 0 Å². The Bertz CT molecular complexity index is 76.4. The summed E-state index contributed by atoms with van der Waals surface area (Å²) >= 11 is 0. The van der Waals surface area contributed by atoms with Crippen LogP contribution in [0, 0.1) is 6.79 Å². The van der Waals surface area contributed by atoms with Crippen molar-refractivity contribution in [1.82, 2.24) is 5.32 Å². The van der Waals surface area contributed by atoms with Crippen molar-refractivity contribution in [3.63, 3.8) is 0 Å². The van der Waals surface area contributed by atoms with Crippen molar-refractivity contribution in [3.05, 3.63) is 6.79 Å². The van der Waals surface area contributed by atoms with Gasteiger partial charge in [0.1, 0.15) is 12.2 Å². The molecule has 0 aromatic heterocycles. The molecule has 1 radical (unpaired) electrons. The predicted molar refractivity (Wildman–Crippen MR) is 26.9 cm³/mol. The lowest BCUT2D eigenvalue weighted by Gasteiger charge is -2.00. The van der Waals surface area contributed by atoms with Crippen LogP contribution < -0.4 is 5.32 Å². The SMILES string of the molecule is [CH]1OC2CNCC2O1. The maximum atomic E-state index is 5.07. The van der Waals surface area contributed by atoms with E-state index in [0.29, 0.717) is 0 Å². The molecule has 2 heterocycles. The molecule has 1 N–H and O–H groups in total. The summed E-state index contributed by atoms with van der Waals surface area (Å²) in [5, 5.41) is 3.15. The highest BCUT2D eigenvalue weighted by Crippen LogP contribution is 2.17. The van der Waals surface area contributed by atoms with E-state index in [1.165, 1.54) is 6.79 Å². The van der Waals surface area contributed by atoms with Gasteiger partial charge in [-0.2, -0.15) is 0 Å². The first-order valence-corrected chi connectivity index (χ1v) is 2.80. The lowest BCUT2D eigenvalue weighted by Crippen LogP contribution is -2.18. The van der Waals surface area contributed by atoms with Gasteiger partial charge in [-0.25, -0.2) is 0 Å². The van der Waals surface area contributed by atoms with Crippen LogP contribution in [-0.2, 0) is 9.47 Å². The van der Waals surface area contributed by atoms with Crippen LogP contribution in [-0.4, -0.2) is 25.3 Å². The van der Waals surface area contributed by atoms with Crippen molar-refractivity contribution < 1.29 is 9.47 Å². The summed E-state index contributed by atoms with van der Waals surface area (Å²) in [7, 11) is 0. The minimum Gasteiger partial charge on any atom is -0.340 e. The van der Waals surface area contributed by atoms with Crippen LogP contribution in [0.25, 0.3) is 0 Å². The van der Waals surface area contributed by atoms with Crippen molar-refractivity contribution >= 4 is 0 Å². The molecular weight excluding hydrogens is 106 g/mol. The highest BCUT2D eigenvalue weighted by atomic mass is 16.7. The molecule has 0 saturated carbocycles. The van der Waals surface area contributed by atoms with Crippen molar-refractivity contribution in [2.45, 2.75) is 12.2 Å². The lowest BCUT2D eigenvalue weighted by atomic mass is 10.3. The fraction of sp³-hybridized carbons (Fsp3) is 0.800. The minimum absolute atomic E-state index is 0.287. The first kappa shape index (κ1) is 4.73. The normalized spacial score (nSPS) is 45.0. The largest absolute Gasteiger partial charge is 0.340 e. The first-order chi connectivity index (χ1) is 3.97. The molecule has 2 saturated heterocycles. The molecule has 0 spiro atoms. The fourth-order valence-corrected chi connectivity index (χ4v) is 1.08. The fourth-order valence-electron chi connectivity index (χ4n) is 1.08. The maximum Gasteiger partial charge on any atom is 0.210 e. The number of nitrogens with one attached hydrogen (secondary N) is 1. The van der Waals surface area contributed by atoms with Crippen LogP contribution in [0.3, 0.4) is 0 Å². The van der Waals surface area contributed by atoms with Gasteiger partial charge in [0.05, 0.1) is 0 Å². The number of rotatable bonds is 0. The molecule has 0 aliphatic carbocycles. The third kappa shape index (κ3) is 0.555. The zero-order valence-corrected chi connectivity index (χ0v) is 4.46. The lowest BCUT2D eigenvalue weighted by molar-refractivity contribution is 0.115. The Kier molecular flexibility index (Phi) is 0.997. The highest BCUT2D eigenvalue weighted by Gasteiger charge is 2.33. The summed E-state index contributed by atoms with van der Waals surface area (Å²) in [6, 6.07) is 0. The Morgan fingerprint density at radius 2 is 1.88 bits per heavy atom. The zero-order chi connectivity index (χ0) is 5.40. The van der Waals surface area contributed by atoms with Crippen molar-refractivity contribution in [1.29, 1.82) is 0 Å². The van der Waals surface area contributed by atoms with Crippen LogP contribution in [0.4, 0.5) is 0 Å². The molecule has 0 aromatic rings. The van der Waals surface area contributed by atoms with E-state index in [9.17, 15) is 0 Å². The summed E-state index contributed by atoms with van der Waals surface area (Å²) < 4.78 is 10.1. The standard InChI is InChI=1S/C5H8NO2/c1-4-5(2-6-1)8-3-7-4/h3-6H,1-2H2. The topological polar surface area (TPSA) is 30.5 Å². The van der Waals surface area contributed by atoms with Gasteiger partial charge in [-0.1, -0.05) is 0 Å². The molecule has 2 aliphatic rings. The Morgan fingerprint density at radius 1 is 1.25 bits per heavy atom. The van der Waals surface area contributed by atoms with Crippen molar-refractivity contribution in [2.75, 3.05) is 13.1 Å². The molecule has 0 bridgehead atoms. The second-order valence-electron chi connectivity index (χ2n) is 2.10. The van der Waals surface area contributed by atoms with Crippen LogP contribution in [0.15, 0.2) is 0 Å². The number of hydrogen-bond donors (Lipinski definition) is 1. The van der Waals surface area contributed by atoms with Gasteiger partial charge in [-0.05, 0) is 0 Å². The predicted octanol–water partition coefficient (Wildman–Crippen LogP) is -0.507. The Labute approximate surface area is 48.0 Å². The molecular formula is C5H8NO2. The van der Waals surface area contributed by atoms with E-state index < -0.39 is 0 Å². The van der Waals surface area contributed by atoms with Gasteiger partial charge >= 0.3 is 0 Å². The second kappa shape index (κ2) is 1.69. The molecule has 2 fully saturated rings. The van der Waals surface area contributed by atoms with E-state index >= 15 is 0 Å². The van der Waals surface area contributed by atoms with Gasteiger partial charge < -0.3 is 14.8 Å². The van der Waals surface area contributed by atoms with E-state index in [1.807, 2.05) is 0 Å². The summed E-state index contributed by atoms with van der Waals surface area (Å²) in [6.45, 7) is 3.30. The molecule has 0 amide bonds. The van der Waals surface area contributed by atoms with E-state index in [-0.39, 0.29) is 12.2 Å². The number of ether oxygens (including phenoxy) is 2. The minimum atomic E-state index is 0.287. The molecule has 2 aliphatic heterocycles. The number of hydrogen-bond acceptors (Lipinski definition) is 3. The molecule has 2 atom stereocenters. The Morgan fingerprint density at radius 3 is 2.50 bits per heavy atom. The summed E-state index contributed by atoms with van der Waals surface area (Å²) in [5.74, 6) is 0. The summed E-state index contributed by atoms with van der Waals surface area (Å²) in [5.41, 5.74) is 0. The van der Waals surface area contributed by atoms with Crippen LogP contribution in [0.1, 0.15) is 0 Å². The summed E-state index contributed by atoms with van der Waals surface area (Å²) in [6.07, 6.45) is 0.574. The van der Waals surface area contributed by atoms with E-state index in [1.54, 1.807) is 0 Å². The first-order valence-electron chi connectivity index (χ1n) is 2.80. The Balaban J connectivity index is 2.04. The van der Waals surface area contributed by atoms with Gasteiger partial charge in [0, 0.05) is 13.1 Å². The Hall–Kier alpha value is -0.120.